The summed E-state index contributed by atoms with van der Waals surface area (Å²) in [5.74, 6) is 0. The lowest BCUT2D eigenvalue weighted by atomic mass is 10.1. The Labute approximate surface area is 127 Å². The van der Waals surface area contributed by atoms with Crippen LogP contribution in [0.1, 0.15) is 24.0 Å². The first-order chi connectivity index (χ1) is 9.81. The zero-order valence-electron chi connectivity index (χ0n) is 11.1. The summed E-state index contributed by atoms with van der Waals surface area (Å²) in [6.45, 7) is 0.960. The maximum Gasteiger partial charge on any atom is 0.103 e. The summed E-state index contributed by atoms with van der Waals surface area (Å²) >= 11 is 3.48. The quantitative estimate of drug-likeness (QED) is 0.752. The molecule has 1 aliphatic rings. The first-order valence-electron chi connectivity index (χ1n) is 6.85. The van der Waals surface area contributed by atoms with Crippen molar-refractivity contribution in [2.24, 2.45) is 0 Å². The van der Waals surface area contributed by atoms with Crippen LogP contribution >= 0.6 is 15.9 Å². The molecule has 3 heteroatoms. The fourth-order valence-corrected chi connectivity index (χ4v) is 3.23. The minimum Gasteiger partial charge on any atom is -0.340 e. The molecule has 2 aromatic carbocycles. The zero-order chi connectivity index (χ0) is 13.9. The van der Waals surface area contributed by atoms with E-state index in [0.29, 0.717) is 5.56 Å². The molecular formula is C17H15BrN2. The summed E-state index contributed by atoms with van der Waals surface area (Å²) in [6.07, 6.45) is 3.46. The summed E-state index contributed by atoms with van der Waals surface area (Å²) in [7, 11) is 0. The summed E-state index contributed by atoms with van der Waals surface area (Å²) in [6, 6.07) is 16.8. The van der Waals surface area contributed by atoms with E-state index in [1.54, 1.807) is 0 Å². The third-order valence-corrected chi connectivity index (χ3v) is 4.42. The van der Waals surface area contributed by atoms with E-state index in [1.165, 1.54) is 17.7 Å². The van der Waals surface area contributed by atoms with Gasteiger partial charge in [0, 0.05) is 16.7 Å². The lowest BCUT2D eigenvalue weighted by Gasteiger charge is -2.26. The highest BCUT2D eigenvalue weighted by Crippen LogP contribution is 2.36. The van der Waals surface area contributed by atoms with E-state index in [0.717, 1.165) is 29.5 Å². The Kier molecular flexibility index (Phi) is 3.75. The van der Waals surface area contributed by atoms with Gasteiger partial charge in [-0.3, -0.25) is 0 Å². The van der Waals surface area contributed by atoms with Crippen LogP contribution in [0.5, 0.6) is 0 Å². The average Bonchev–Trinajstić information content (AvgIpc) is 2.69. The van der Waals surface area contributed by atoms with Crippen LogP contribution < -0.4 is 4.90 Å². The Morgan fingerprint density at radius 2 is 1.80 bits per heavy atom. The van der Waals surface area contributed by atoms with Gasteiger partial charge in [0.25, 0.3) is 0 Å². The molecule has 100 valence electrons. The standard InChI is InChI=1S/C17H15BrN2/c18-15-8-5-10-17(14(15)12-19)20-11-4-3-7-13-6-1-2-9-16(13)20/h1-2,5-6,8-10H,3-4,7,11H2. The molecule has 0 aliphatic carbocycles. The van der Waals surface area contributed by atoms with Crippen LogP contribution in [0.4, 0.5) is 11.4 Å². The number of fused-ring (bicyclic) bond motifs is 1. The average molecular weight is 327 g/mol. The van der Waals surface area contributed by atoms with Gasteiger partial charge in [0.1, 0.15) is 6.07 Å². The molecule has 0 atom stereocenters. The molecule has 20 heavy (non-hydrogen) atoms. The molecule has 2 aromatic rings. The van der Waals surface area contributed by atoms with E-state index in [2.05, 4.69) is 51.2 Å². The third-order valence-electron chi connectivity index (χ3n) is 3.75. The van der Waals surface area contributed by atoms with Crippen LogP contribution in [-0.4, -0.2) is 6.54 Å². The van der Waals surface area contributed by atoms with Gasteiger partial charge in [0.15, 0.2) is 0 Å². The van der Waals surface area contributed by atoms with E-state index < -0.39 is 0 Å². The van der Waals surface area contributed by atoms with Crippen molar-refractivity contribution in [3.8, 4) is 6.07 Å². The van der Waals surface area contributed by atoms with E-state index in [1.807, 2.05) is 18.2 Å². The first kappa shape index (κ1) is 13.2. The topological polar surface area (TPSA) is 27.0 Å². The van der Waals surface area contributed by atoms with Gasteiger partial charge < -0.3 is 4.90 Å². The second kappa shape index (κ2) is 5.68. The van der Waals surface area contributed by atoms with Crippen molar-refractivity contribution >= 4 is 27.3 Å². The van der Waals surface area contributed by atoms with Crippen LogP contribution in [-0.2, 0) is 6.42 Å². The molecule has 0 unspecified atom stereocenters. The number of anilines is 2. The van der Waals surface area contributed by atoms with Crippen molar-refractivity contribution in [1.29, 1.82) is 5.26 Å². The van der Waals surface area contributed by atoms with Crippen molar-refractivity contribution in [2.75, 3.05) is 11.4 Å². The highest BCUT2D eigenvalue weighted by atomic mass is 79.9. The summed E-state index contributed by atoms with van der Waals surface area (Å²) in [5, 5.41) is 9.44. The summed E-state index contributed by atoms with van der Waals surface area (Å²) < 4.78 is 0.860. The Balaban J connectivity index is 2.16. The number of nitrogens with zero attached hydrogens (tertiary/aromatic N) is 2. The highest BCUT2D eigenvalue weighted by molar-refractivity contribution is 9.10. The van der Waals surface area contributed by atoms with Gasteiger partial charge in [0.2, 0.25) is 0 Å². The van der Waals surface area contributed by atoms with Crippen LogP contribution in [0.25, 0.3) is 0 Å². The fourth-order valence-electron chi connectivity index (χ4n) is 2.79. The van der Waals surface area contributed by atoms with E-state index >= 15 is 0 Å². The van der Waals surface area contributed by atoms with Gasteiger partial charge >= 0.3 is 0 Å². The minimum absolute atomic E-state index is 0.712. The first-order valence-corrected chi connectivity index (χ1v) is 7.64. The van der Waals surface area contributed by atoms with Crippen LogP contribution in [0.15, 0.2) is 46.9 Å². The van der Waals surface area contributed by atoms with E-state index in [9.17, 15) is 5.26 Å². The zero-order valence-corrected chi connectivity index (χ0v) is 12.7. The molecule has 0 aromatic heterocycles. The lowest BCUT2D eigenvalue weighted by molar-refractivity contribution is 0.761. The number of aryl methyl sites for hydroxylation is 1. The summed E-state index contributed by atoms with van der Waals surface area (Å²) in [5.41, 5.74) is 4.31. The van der Waals surface area contributed by atoms with Crippen molar-refractivity contribution in [1.82, 2.24) is 0 Å². The number of para-hydroxylation sites is 1. The van der Waals surface area contributed by atoms with Crippen LogP contribution in [0, 0.1) is 11.3 Å². The molecule has 0 saturated carbocycles. The molecule has 0 bridgehead atoms. The Bertz CT molecular complexity index is 673. The van der Waals surface area contributed by atoms with Gasteiger partial charge in [-0.2, -0.15) is 5.26 Å². The smallest absolute Gasteiger partial charge is 0.103 e. The van der Waals surface area contributed by atoms with Crippen molar-refractivity contribution in [3.05, 3.63) is 58.1 Å². The van der Waals surface area contributed by atoms with Crippen molar-refractivity contribution in [2.45, 2.75) is 19.3 Å². The number of halogens is 1. The van der Waals surface area contributed by atoms with Gasteiger partial charge in [0.05, 0.1) is 11.3 Å². The van der Waals surface area contributed by atoms with Gasteiger partial charge in [-0.05, 0) is 59.0 Å². The fraction of sp³-hybridized carbons (Fsp3) is 0.235. The Morgan fingerprint density at radius 1 is 1.00 bits per heavy atom. The lowest BCUT2D eigenvalue weighted by Crippen LogP contribution is -2.19. The molecule has 0 N–H and O–H groups in total. The molecule has 2 nitrogen and oxygen atoms in total. The van der Waals surface area contributed by atoms with E-state index in [-0.39, 0.29) is 0 Å². The molecule has 0 fully saturated rings. The monoisotopic (exact) mass is 326 g/mol. The summed E-state index contributed by atoms with van der Waals surface area (Å²) in [4.78, 5) is 2.28. The van der Waals surface area contributed by atoms with Gasteiger partial charge in [-0.15, -0.1) is 0 Å². The molecular weight excluding hydrogens is 312 g/mol. The third kappa shape index (κ3) is 2.32. The van der Waals surface area contributed by atoms with Crippen LogP contribution in [0.3, 0.4) is 0 Å². The normalized spacial score (nSPS) is 14.3. The molecule has 3 rings (SSSR count). The van der Waals surface area contributed by atoms with Gasteiger partial charge in [-0.1, -0.05) is 24.3 Å². The molecule has 0 radical (unpaired) electrons. The number of nitriles is 1. The highest BCUT2D eigenvalue weighted by Gasteiger charge is 2.19. The van der Waals surface area contributed by atoms with Crippen molar-refractivity contribution < 1.29 is 0 Å². The largest absolute Gasteiger partial charge is 0.340 e. The molecule has 1 aliphatic heterocycles. The van der Waals surface area contributed by atoms with Crippen LogP contribution in [0.2, 0.25) is 0 Å². The molecule has 0 spiro atoms. The number of benzene rings is 2. The van der Waals surface area contributed by atoms with Crippen molar-refractivity contribution in [3.63, 3.8) is 0 Å². The van der Waals surface area contributed by atoms with Gasteiger partial charge in [-0.25, -0.2) is 0 Å². The maximum absolute atomic E-state index is 9.44. The molecule has 0 amide bonds. The Morgan fingerprint density at radius 3 is 2.65 bits per heavy atom. The molecule has 1 heterocycles. The SMILES string of the molecule is N#Cc1c(Br)cccc1N1CCCCc2ccccc21. The predicted molar refractivity (Wildman–Crippen MR) is 85.2 cm³/mol. The number of rotatable bonds is 1. The number of hydrogen-bond donors (Lipinski definition) is 0. The second-order valence-electron chi connectivity index (χ2n) is 4.98. The van der Waals surface area contributed by atoms with E-state index in [4.69, 9.17) is 0 Å². The minimum atomic E-state index is 0.712. The molecule has 0 saturated heterocycles. The maximum atomic E-state index is 9.44. The second-order valence-corrected chi connectivity index (χ2v) is 5.84. The Hall–Kier alpha value is -1.79. The predicted octanol–water partition coefficient (Wildman–Crippen LogP) is 4.80. The number of hydrogen-bond acceptors (Lipinski definition) is 2.